The van der Waals surface area contributed by atoms with E-state index >= 15 is 0 Å². The van der Waals surface area contributed by atoms with Crippen LogP contribution in [-0.4, -0.2) is 58.1 Å². The number of para-hydroxylation sites is 2. The zero-order chi connectivity index (χ0) is 24.1. The molecule has 0 atom stereocenters. The Bertz CT molecular complexity index is 1270. The van der Waals surface area contributed by atoms with Crippen LogP contribution in [0.5, 0.6) is 5.75 Å². The van der Waals surface area contributed by atoms with Crippen LogP contribution < -0.4 is 25.0 Å². The SMILES string of the molecule is COc1cc(N2CCOCC2)ccc1Nc1ncc(Br)c(Nc2ccccc2NS(C)(=O)=O)n1. The maximum absolute atomic E-state index is 11.7. The molecule has 0 radical (unpaired) electrons. The summed E-state index contributed by atoms with van der Waals surface area (Å²) in [6.45, 7) is 3.06. The molecule has 12 heteroatoms. The number of morpholine rings is 1. The average Bonchev–Trinajstić information content (AvgIpc) is 2.82. The standard InChI is InChI=1S/C22H25BrN6O4S/c1-32-20-13-15(29-9-11-33-12-10-29)7-8-19(20)26-22-24-14-16(23)21(27-22)25-17-5-3-4-6-18(17)28-34(2,30)31/h3-8,13-14,28H,9-12H2,1-2H3,(H2,24,25,26,27). The van der Waals surface area contributed by atoms with Crippen molar-refractivity contribution in [1.82, 2.24) is 9.97 Å². The minimum atomic E-state index is -3.44. The maximum Gasteiger partial charge on any atom is 0.229 e. The lowest BCUT2D eigenvalue weighted by Crippen LogP contribution is -2.36. The highest BCUT2D eigenvalue weighted by atomic mass is 79.9. The van der Waals surface area contributed by atoms with E-state index in [9.17, 15) is 8.42 Å². The molecule has 2 heterocycles. The first-order valence-electron chi connectivity index (χ1n) is 10.5. The quantitative estimate of drug-likeness (QED) is 0.384. The largest absolute Gasteiger partial charge is 0.494 e. The third-order valence-corrected chi connectivity index (χ3v) is 6.20. The Kier molecular flexibility index (Phi) is 7.39. The predicted octanol–water partition coefficient (Wildman–Crippen LogP) is 3.94. The Labute approximate surface area is 206 Å². The van der Waals surface area contributed by atoms with Crippen LogP contribution in [0.15, 0.2) is 53.1 Å². The van der Waals surface area contributed by atoms with Crippen molar-refractivity contribution in [2.45, 2.75) is 0 Å². The molecule has 180 valence electrons. The molecule has 0 aliphatic carbocycles. The van der Waals surface area contributed by atoms with Crippen molar-refractivity contribution in [3.63, 3.8) is 0 Å². The molecule has 3 N–H and O–H groups in total. The van der Waals surface area contributed by atoms with Crippen molar-refractivity contribution in [3.05, 3.63) is 53.1 Å². The number of rotatable bonds is 8. The Hall–Kier alpha value is -3.09. The lowest BCUT2D eigenvalue weighted by Gasteiger charge is -2.29. The second kappa shape index (κ2) is 10.5. The Morgan fingerprint density at radius 1 is 1.06 bits per heavy atom. The van der Waals surface area contributed by atoms with Crippen LogP contribution in [0.3, 0.4) is 0 Å². The molecular weight excluding hydrogens is 524 g/mol. The van der Waals surface area contributed by atoms with Gasteiger partial charge in [-0.3, -0.25) is 4.72 Å². The van der Waals surface area contributed by atoms with Gasteiger partial charge in [0.1, 0.15) is 11.6 Å². The van der Waals surface area contributed by atoms with Crippen molar-refractivity contribution in [1.29, 1.82) is 0 Å². The first-order chi connectivity index (χ1) is 16.3. The van der Waals surface area contributed by atoms with E-state index < -0.39 is 10.0 Å². The van der Waals surface area contributed by atoms with Gasteiger partial charge in [0, 0.05) is 31.0 Å². The Balaban J connectivity index is 1.56. The van der Waals surface area contributed by atoms with Crippen LogP contribution in [0.4, 0.5) is 34.5 Å². The fourth-order valence-corrected chi connectivity index (χ4v) is 4.31. The number of sulfonamides is 1. The average molecular weight is 549 g/mol. The van der Waals surface area contributed by atoms with Crippen molar-refractivity contribution in [2.24, 2.45) is 0 Å². The highest BCUT2D eigenvalue weighted by Gasteiger charge is 2.15. The van der Waals surface area contributed by atoms with Gasteiger partial charge >= 0.3 is 0 Å². The summed E-state index contributed by atoms with van der Waals surface area (Å²) in [4.78, 5) is 11.1. The number of nitrogens with one attached hydrogen (secondary N) is 3. The summed E-state index contributed by atoms with van der Waals surface area (Å²) in [5.41, 5.74) is 2.72. The number of methoxy groups -OCH3 is 1. The van der Waals surface area contributed by atoms with Gasteiger partial charge in [-0.25, -0.2) is 13.4 Å². The summed E-state index contributed by atoms with van der Waals surface area (Å²) in [5.74, 6) is 1.47. The van der Waals surface area contributed by atoms with E-state index in [4.69, 9.17) is 9.47 Å². The van der Waals surface area contributed by atoms with Gasteiger partial charge in [0.15, 0.2) is 0 Å². The zero-order valence-electron chi connectivity index (χ0n) is 18.7. The number of anilines is 6. The summed E-state index contributed by atoms with van der Waals surface area (Å²) in [6.07, 6.45) is 2.71. The number of halogens is 1. The van der Waals surface area contributed by atoms with Gasteiger partial charge in [-0.15, -0.1) is 0 Å². The molecule has 1 aliphatic rings. The highest BCUT2D eigenvalue weighted by molar-refractivity contribution is 9.10. The molecule has 0 saturated carbocycles. The van der Waals surface area contributed by atoms with Crippen LogP contribution in [0.1, 0.15) is 0 Å². The second-order valence-electron chi connectivity index (χ2n) is 7.54. The molecule has 0 amide bonds. The number of aromatic nitrogens is 2. The molecule has 0 spiro atoms. The molecule has 2 aromatic carbocycles. The summed E-state index contributed by atoms with van der Waals surface area (Å²) >= 11 is 3.45. The van der Waals surface area contributed by atoms with Crippen molar-refractivity contribution < 1.29 is 17.9 Å². The number of benzene rings is 2. The lowest BCUT2D eigenvalue weighted by molar-refractivity contribution is 0.122. The van der Waals surface area contributed by atoms with E-state index in [1.54, 1.807) is 37.6 Å². The Morgan fingerprint density at radius 2 is 1.79 bits per heavy atom. The smallest absolute Gasteiger partial charge is 0.229 e. The van der Waals surface area contributed by atoms with E-state index in [0.29, 0.717) is 52.3 Å². The molecular formula is C22H25BrN6O4S. The molecule has 4 rings (SSSR count). The summed E-state index contributed by atoms with van der Waals surface area (Å²) in [5, 5.41) is 6.35. The number of hydrogen-bond acceptors (Lipinski definition) is 9. The van der Waals surface area contributed by atoms with Gasteiger partial charge in [-0.05, 0) is 40.2 Å². The third kappa shape index (κ3) is 6.07. The molecule has 34 heavy (non-hydrogen) atoms. The van der Waals surface area contributed by atoms with Gasteiger partial charge in [0.05, 0.1) is 48.1 Å². The van der Waals surface area contributed by atoms with Gasteiger partial charge in [-0.2, -0.15) is 4.98 Å². The monoisotopic (exact) mass is 548 g/mol. The zero-order valence-corrected chi connectivity index (χ0v) is 21.1. The minimum absolute atomic E-state index is 0.344. The number of ether oxygens (including phenoxy) is 2. The fourth-order valence-electron chi connectivity index (χ4n) is 3.45. The van der Waals surface area contributed by atoms with Crippen molar-refractivity contribution >= 4 is 60.5 Å². The lowest BCUT2D eigenvalue weighted by atomic mass is 10.2. The molecule has 1 aliphatic heterocycles. The van der Waals surface area contributed by atoms with E-state index in [2.05, 4.69) is 46.2 Å². The van der Waals surface area contributed by atoms with E-state index in [1.807, 2.05) is 18.2 Å². The molecule has 1 saturated heterocycles. The molecule has 0 unspecified atom stereocenters. The first-order valence-corrected chi connectivity index (χ1v) is 13.1. The highest BCUT2D eigenvalue weighted by Crippen LogP contribution is 2.33. The molecule has 1 aromatic heterocycles. The van der Waals surface area contributed by atoms with Gasteiger partial charge in [-0.1, -0.05) is 12.1 Å². The second-order valence-corrected chi connectivity index (χ2v) is 10.1. The van der Waals surface area contributed by atoms with E-state index in [-0.39, 0.29) is 0 Å². The van der Waals surface area contributed by atoms with Crippen molar-refractivity contribution in [3.8, 4) is 5.75 Å². The summed E-state index contributed by atoms with van der Waals surface area (Å²) < 4.78 is 37.6. The first kappa shape index (κ1) is 24.0. The normalized spacial score (nSPS) is 13.9. The van der Waals surface area contributed by atoms with Crippen molar-refractivity contribution in [2.75, 3.05) is 59.9 Å². The molecule has 10 nitrogen and oxygen atoms in total. The van der Waals surface area contributed by atoms with Gasteiger partial charge < -0.3 is 25.0 Å². The van der Waals surface area contributed by atoms with Crippen LogP contribution >= 0.6 is 15.9 Å². The molecule has 1 fully saturated rings. The van der Waals surface area contributed by atoms with E-state index in [1.165, 1.54) is 0 Å². The summed E-state index contributed by atoms with van der Waals surface area (Å²) in [7, 11) is -1.83. The summed E-state index contributed by atoms with van der Waals surface area (Å²) in [6, 6.07) is 12.9. The fraction of sp³-hybridized carbons (Fsp3) is 0.273. The topological polar surface area (TPSA) is 118 Å². The van der Waals surface area contributed by atoms with Crippen LogP contribution in [0.2, 0.25) is 0 Å². The third-order valence-electron chi connectivity index (χ3n) is 5.03. The maximum atomic E-state index is 11.7. The minimum Gasteiger partial charge on any atom is -0.494 e. The molecule has 3 aromatic rings. The van der Waals surface area contributed by atoms with Gasteiger partial charge in [0.2, 0.25) is 16.0 Å². The Morgan fingerprint density at radius 3 is 2.50 bits per heavy atom. The number of hydrogen-bond donors (Lipinski definition) is 3. The van der Waals surface area contributed by atoms with Gasteiger partial charge in [0.25, 0.3) is 0 Å². The molecule has 0 bridgehead atoms. The number of nitrogens with zero attached hydrogens (tertiary/aromatic N) is 3. The van der Waals surface area contributed by atoms with E-state index in [0.717, 1.165) is 25.0 Å². The van der Waals surface area contributed by atoms with Crippen LogP contribution in [-0.2, 0) is 14.8 Å². The van der Waals surface area contributed by atoms with Crippen LogP contribution in [0.25, 0.3) is 0 Å². The van der Waals surface area contributed by atoms with Crippen LogP contribution in [0, 0.1) is 0 Å². The predicted molar refractivity (Wildman–Crippen MR) is 137 cm³/mol.